The molecule has 0 saturated carbocycles. The van der Waals surface area contributed by atoms with Gasteiger partial charge in [0.2, 0.25) is 0 Å². The third kappa shape index (κ3) is 6.08. The van der Waals surface area contributed by atoms with Gasteiger partial charge in [-0.2, -0.15) is 0 Å². The van der Waals surface area contributed by atoms with Crippen LogP contribution in [0.3, 0.4) is 0 Å². The van der Waals surface area contributed by atoms with Crippen LogP contribution in [0, 0.1) is 0 Å². The molecule has 0 aliphatic heterocycles. The van der Waals surface area contributed by atoms with Crippen LogP contribution in [-0.4, -0.2) is 0 Å². The highest BCUT2D eigenvalue weighted by atomic mass is 15.1. The van der Waals surface area contributed by atoms with Gasteiger partial charge in [-0.25, -0.2) is 0 Å². The molecule has 0 saturated heterocycles. The van der Waals surface area contributed by atoms with Gasteiger partial charge in [-0.15, -0.1) is 0 Å². The summed E-state index contributed by atoms with van der Waals surface area (Å²) in [6.45, 7) is 0. The maximum Gasteiger partial charge on any atom is 0.0713 e. The Balaban J connectivity index is 1.02. The molecule has 0 heterocycles. The summed E-state index contributed by atoms with van der Waals surface area (Å²) in [5.74, 6) is 0. The van der Waals surface area contributed by atoms with E-state index >= 15 is 0 Å². The van der Waals surface area contributed by atoms with Crippen molar-refractivity contribution in [1.82, 2.24) is 0 Å². The second-order valence-electron chi connectivity index (χ2n) is 16.8. The monoisotopic (exact) mass is 813 g/mol. The molecular formula is C63H43N. The number of anilines is 3. The fraction of sp³-hybridized carbons (Fsp3) is 0.0159. The Hall–Kier alpha value is -8.26. The van der Waals surface area contributed by atoms with Gasteiger partial charge < -0.3 is 4.90 Å². The van der Waals surface area contributed by atoms with E-state index in [4.69, 9.17) is 0 Å². The molecule has 0 bridgehead atoms. The molecule has 1 aliphatic carbocycles. The van der Waals surface area contributed by atoms with Gasteiger partial charge in [-0.1, -0.05) is 224 Å². The van der Waals surface area contributed by atoms with E-state index in [-0.39, 0.29) is 0 Å². The molecule has 12 rings (SSSR count). The van der Waals surface area contributed by atoms with E-state index in [9.17, 15) is 0 Å². The van der Waals surface area contributed by atoms with E-state index in [2.05, 4.69) is 266 Å². The van der Waals surface area contributed by atoms with E-state index < -0.39 is 5.41 Å². The maximum atomic E-state index is 2.42. The standard InChI is InChI=1S/C63H43N/c1-4-17-44(18-5-1)55-28-15-31-58-56(29-16-30-57(55)58)47-35-39-51(40-36-47)64(50-37-33-46(34-38-50)54-27-14-20-45-19-10-11-25-53(45)54)52-41-42-62-60(43-52)59-26-12-13-32-61(59)63(62,48-21-6-2-7-22-48)49-23-8-3-9-24-49/h1-43H. The molecule has 0 unspecified atom stereocenters. The molecule has 1 heteroatoms. The second-order valence-corrected chi connectivity index (χ2v) is 16.8. The zero-order valence-corrected chi connectivity index (χ0v) is 35.3. The number of hydrogen-bond acceptors (Lipinski definition) is 1. The lowest BCUT2D eigenvalue weighted by atomic mass is 9.68. The van der Waals surface area contributed by atoms with Crippen LogP contribution in [0.2, 0.25) is 0 Å². The summed E-state index contributed by atoms with van der Waals surface area (Å²) in [4.78, 5) is 2.42. The van der Waals surface area contributed by atoms with Crippen molar-refractivity contribution in [1.29, 1.82) is 0 Å². The van der Waals surface area contributed by atoms with Crippen LogP contribution in [0.1, 0.15) is 22.3 Å². The minimum atomic E-state index is -0.460. The molecule has 64 heavy (non-hydrogen) atoms. The first-order valence-corrected chi connectivity index (χ1v) is 22.2. The Morgan fingerprint density at radius 3 is 1.27 bits per heavy atom. The van der Waals surface area contributed by atoms with Crippen molar-refractivity contribution in [2.75, 3.05) is 4.90 Å². The van der Waals surface area contributed by atoms with E-state index in [1.165, 1.54) is 88.3 Å². The summed E-state index contributed by atoms with van der Waals surface area (Å²) in [6.07, 6.45) is 0. The number of hydrogen-bond donors (Lipinski definition) is 0. The third-order valence-corrected chi connectivity index (χ3v) is 13.4. The Morgan fingerprint density at radius 1 is 0.250 bits per heavy atom. The summed E-state index contributed by atoms with van der Waals surface area (Å²) in [5, 5.41) is 5.00. The van der Waals surface area contributed by atoms with Gasteiger partial charge in [0.15, 0.2) is 0 Å². The lowest BCUT2D eigenvalue weighted by molar-refractivity contribution is 0.768. The van der Waals surface area contributed by atoms with Crippen molar-refractivity contribution in [3.05, 3.63) is 283 Å². The van der Waals surface area contributed by atoms with E-state index in [0.29, 0.717) is 0 Å². The summed E-state index contributed by atoms with van der Waals surface area (Å²) >= 11 is 0. The van der Waals surface area contributed by atoms with Crippen LogP contribution in [0.15, 0.2) is 261 Å². The molecule has 1 nitrogen and oxygen atoms in total. The molecule has 300 valence electrons. The number of rotatable bonds is 8. The van der Waals surface area contributed by atoms with Gasteiger partial charge in [0, 0.05) is 17.1 Å². The predicted octanol–water partition coefficient (Wildman–Crippen LogP) is 16.8. The Labute approximate surface area is 374 Å². The summed E-state index contributed by atoms with van der Waals surface area (Å²) < 4.78 is 0. The summed E-state index contributed by atoms with van der Waals surface area (Å²) in [6, 6.07) is 95.7. The molecule has 0 fully saturated rings. The van der Waals surface area contributed by atoms with Gasteiger partial charge in [-0.05, 0) is 125 Å². The molecule has 1 aliphatic rings. The summed E-state index contributed by atoms with van der Waals surface area (Å²) in [7, 11) is 0. The van der Waals surface area contributed by atoms with Crippen LogP contribution in [0.5, 0.6) is 0 Å². The minimum absolute atomic E-state index is 0.460. The van der Waals surface area contributed by atoms with E-state index in [1.807, 2.05) is 0 Å². The first kappa shape index (κ1) is 37.5. The van der Waals surface area contributed by atoms with Gasteiger partial charge in [-0.3, -0.25) is 0 Å². The molecule has 0 aromatic heterocycles. The molecule has 11 aromatic rings. The number of nitrogens with zero attached hydrogens (tertiary/aromatic N) is 1. The molecule has 0 radical (unpaired) electrons. The first-order chi connectivity index (χ1) is 31.8. The maximum absolute atomic E-state index is 2.42. The lowest BCUT2D eigenvalue weighted by Gasteiger charge is -2.34. The smallest absolute Gasteiger partial charge is 0.0713 e. The average molecular weight is 814 g/mol. The van der Waals surface area contributed by atoms with Crippen molar-refractivity contribution in [2.45, 2.75) is 5.41 Å². The van der Waals surface area contributed by atoms with E-state index in [0.717, 1.165) is 17.1 Å². The Kier molecular flexibility index (Phi) is 9.13. The van der Waals surface area contributed by atoms with Crippen molar-refractivity contribution in [3.8, 4) is 44.5 Å². The quantitative estimate of drug-likeness (QED) is 0.148. The fourth-order valence-electron chi connectivity index (χ4n) is 10.5. The molecule has 11 aromatic carbocycles. The first-order valence-electron chi connectivity index (χ1n) is 22.2. The van der Waals surface area contributed by atoms with Gasteiger partial charge in [0.25, 0.3) is 0 Å². The third-order valence-electron chi connectivity index (χ3n) is 13.4. The molecule has 0 N–H and O–H groups in total. The Morgan fingerprint density at radius 2 is 0.656 bits per heavy atom. The molecular weight excluding hydrogens is 771 g/mol. The SMILES string of the molecule is c1ccc(-c2cccc3c(-c4ccc(N(c5ccc(-c6cccc7ccccc67)cc5)c5ccc6c(c5)-c5ccccc5C6(c5ccccc5)c5ccccc5)cc4)cccc23)cc1. The van der Waals surface area contributed by atoms with Crippen molar-refractivity contribution in [3.63, 3.8) is 0 Å². The zero-order valence-electron chi connectivity index (χ0n) is 35.3. The van der Waals surface area contributed by atoms with E-state index in [1.54, 1.807) is 0 Å². The summed E-state index contributed by atoms with van der Waals surface area (Å²) in [5.41, 5.74) is 17.8. The van der Waals surface area contributed by atoms with Gasteiger partial charge in [0.1, 0.15) is 0 Å². The lowest BCUT2D eigenvalue weighted by Crippen LogP contribution is -2.28. The van der Waals surface area contributed by atoms with Gasteiger partial charge >= 0.3 is 0 Å². The van der Waals surface area contributed by atoms with Gasteiger partial charge in [0.05, 0.1) is 5.41 Å². The average Bonchev–Trinajstić information content (AvgIpc) is 3.67. The van der Waals surface area contributed by atoms with Crippen LogP contribution < -0.4 is 4.90 Å². The highest BCUT2D eigenvalue weighted by Gasteiger charge is 2.46. The van der Waals surface area contributed by atoms with Crippen molar-refractivity contribution < 1.29 is 0 Å². The fourth-order valence-corrected chi connectivity index (χ4v) is 10.5. The van der Waals surface area contributed by atoms with Crippen molar-refractivity contribution in [2.24, 2.45) is 0 Å². The van der Waals surface area contributed by atoms with Crippen LogP contribution in [-0.2, 0) is 5.41 Å². The second kappa shape index (κ2) is 15.6. The van der Waals surface area contributed by atoms with Crippen molar-refractivity contribution >= 4 is 38.6 Å². The number of fused-ring (bicyclic) bond motifs is 5. The Bertz CT molecular complexity index is 3420. The normalized spacial score (nSPS) is 12.5. The predicted molar refractivity (Wildman–Crippen MR) is 270 cm³/mol. The highest BCUT2D eigenvalue weighted by molar-refractivity contribution is 6.05. The van der Waals surface area contributed by atoms with Crippen LogP contribution in [0.25, 0.3) is 66.1 Å². The zero-order chi connectivity index (χ0) is 42.5. The number of benzene rings is 11. The molecule has 0 atom stereocenters. The highest BCUT2D eigenvalue weighted by Crippen LogP contribution is 2.57. The van der Waals surface area contributed by atoms with Crippen LogP contribution in [0.4, 0.5) is 17.1 Å². The topological polar surface area (TPSA) is 3.24 Å². The molecule has 0 spiro atoms. The van der Waals surface area contributed by atoms with Crippen LogP contribution >= 0.6 is 0 Å². The largest absolute Gasteiger partial charge is 0.310 e. The molecule has 0 amide bonds. The minimum Gasteiger partial charge on any atom is -0.310 e.